The minimum absolute atomic E-state index is 0.279. The first-order valence-corrected chi connectivity index (χ1v) is 11.0. The van der Waals surface area contributed by atoms with Gasteiger partial charge in [0, 0.05) is 17.7 Å². The van der Waals surface area contributed by atoms with Gasteiger partial charge >= 0.3 is 0 Å². The minimum Gasteiger partial charge on any atom is -0.493 e. The predicted octanol–water partition coefficient (Wildman–Crippen LogP) is 6.16. The van der Waals surface area contributed by atoms with Crippen LogP contribution in [-0.2, 0) is 6.61 Å². The van der Waals surface area contributed by atoms with Gasteiger partial charge in [0.2, 0.25) is 0 Å². The van der Waals surface area contributed by atoms with Crippen LogP contribution in [0, 0.1) is 12.7 Å². The molecule has 1 unspecified atom stereocenters. The molecule has 1 fully saturated rings. The second-order valence-electron chi connectivity index (χ2n) is 8.02. The summed E-state index contributed by atoms with van der Waals surface area (Å²) in [6, 6.07) is 20.9. The normalized spacial score (nSPS) is 16.1. The molecule has 31 heavy (non-hydrogen) atoms. The van der Waals surface area contributed by atoms with Crippen molar-refractivity contribution in [3.63, 3.8) is 0 Å². The average Bonchev–Trinajstić information content (AvgIpc) is 2.80. The Bertz CT molecular complexity index is 984. The molecule has 1 atom stereocenters. The number of ether oxygens (including phenoxy) is 2. The van der Waals surface area contributed by atoms with E-state index in [1.807, 2.05) is 48.5 Å². The maximum atomic E-state index is 13.9. The van der Waals surface area contributed by atoms with Crippen molar-refractivity contribution >= 4 is 0 Å². The van der Waals surface area contributed by atoms with Crippen LogP contribution in [0.4, 0.5) is 4.39 Å². The van der Waals surface area contributed by atoms with Crippen molar-refractivity contribution < 1.29 is 13.9 Å². The fourth-order valence-corrected chi connectivity index (χ4v) is 3.97. The molecule has 0 spiro atoms. The van der Waals surface area contributed by atoms with E-state index in [1.165, 1.54) is 31.4 Å². The van der Waals surface area contributed by atoms with Gasteiger partial charge < -0.3 is 14.8 Å². The van der Waals surface area contributed by atoms with E-state index >= 15 is 0 Å². The van der Waals surface area contributed by atoms with Crippen LogP contribution < -0.4 is 14.8 Å². The van der Waals surface area contributed by atoms with Crippen LogP contribution in [0.3, 0.4) is 0 Å². The van der Waals surface area contributed by atoms with E-state index < -0.39 is 0 Å². The largest absolute Gasteiger partial charge is 0.493 e. The van der Waals surface area contributed by atoms with E-state index in [9.17, 15) is 4.39 Å². The zero-order chi connectivity index (χ0) is 21.5. The van der Waals surface area contributed by atoms with Crippen LogP contribution >= 0.6 is 0 Å². The maximum absolute atomic E-state index is 13.9. The Morgan fingerprint density at radius 1 is 0.968 bits per heavy atom. The molecule has 0 aromatic heterocycles. The van der Waals surface area contributed by atoms with E-state index in [-0.39, 0.29) is 5.82 Å². The Hall–Kier alpha value is -2.85. The van der Waals surface area contributed by atoms with Gasteiger partial charge in [-0.25, -0.2) is 4.39 Å². The van der Waals surface area contributed by atoms with E-state index in [1.54, 1.807) is 6.07 Å². The molecular weight excluding hydrogens is 389 g/mol. The number of benzene rings is 3. The summed E-state index contributed by atoms with van der Waals surface area (Å²) in [4.78, 5) is 0. The highest BCUT2D eigenvalue weighted by Gasteiger charge is 2.15. The number of hydrogen-bond donors (Lipinski definition) is 1. The Balaban J connectivity index is 1.55. The molecule has 161 valence electrons. The van der Waals surface area contributed by atoms with Crippen LogP contribution in [0.25, 0.3) is 11.1 Å². The summed E-state index contributed by atoms with van der Waals surface area (Å²) >= 11 is 0. The predicted molar refractivity (Wildman–Crippen MR) is 123 cm³/mol. The molecule has 3 nitrogen and oxygen atoms in total. The minimum atomic E-state index is -0.279. The Labute approximate surface area is 184 Å². The summed E-state index contributed by atoms with van der Waals surface area (Å²) in [7, 11) is 0. The average molecular weight is 419 g/mol. The van der Waals surface area contributed by atoms with Crippen LogP contribution in [0.5, 0.6) is 11.5 Å². The number of hydrogen-bond acceptors (Lipinski definition) is 3. The number of halogens is 1. The van der Waals surface area contributed by atoms with Crippen molar-refractivity contribution in [1.29, 1.82) is 0 Å². The van der Waals surface area contributed by atoms with E-state index in [4.69, 9.17) is 9.47 Å². The quantitative estimate of drug-likeness (QED) is 0.475. The lowest BCUT2D eigenvalue weighted by Gasteiger charge is -2.23. The third-order valence-corrected chi connectivity index (χ3v) is 5.70. The molecule has 1 radical (unpaired) electrons. The first-order valence-electron chi connectivity index (χ1n) is 11.0. The third kappa shape index (κ3) is 5.86. The lowest BCUT2D eigenvalue weighted by Crippen LogP contribution is -2.35. The molecule has 4 heteroatoms. The SMILES string of the molecule is [CH2]c1c(OCc2ccccc2)cc(OCCC2CCCCN2)cc1-c1cccc(F)c1. The molecule has 0 bridgehead atoms. The van der Waals surface area contributed by atoms with Gasteiger partial charge in [-0.15, -0.1) is 0 Å². The molecule has 3 aromatic carbocycles. The van der Waals surface area contributed by atoms with E-state index in [0.29, 0.717) is 30.8 Å². The van der Waals surface area contributed by atoms with E-state index in [0.717, 1.165) is 35.2 Å². The highest BCUT2D eigenvalue weighted by atomic mass is 19.1. The molecule has 1 aliphatic rings. The van der Waals surface area contributed by atoms with Crippen molar-refractivity contribution in [3.8, 4) is 22.6 Å². The molecule has 0 amide bonds. The number of nitrogens with one attached hydrogen (secondary N) is 1. The van der Waals surface area contributed by atoms with Crippen molar-refractivity contribution in [3.05, 3.63) is 90.6 Å². The molecule has 1 heterocycles. The van der Waals surface area contributed by atoms with Gasteiger partial charge in [0.05, 0.1) is 6.61 Å². The smallest absolute Gasteiger partial charge is 0.127 e. The van der Waals surface area contributed by atoms with Crippen LogP contribution in [-0.4, -0.2) is 19.2 Å². The summed E-state index contributed by atoms with van der Waals surface area (Å²) in [5.41, 5.74) is 3.37. The Morgan fingerprint density at radius 2 is 1.84 bits per heavy atom. The number of piperidine rings is 1. The topological polar surface area (TPSA) is 30.5 Å². The van der Waals surface area contributed by atoms with Gasteiger partial charge in [0.1, 0.15) is 23.9 Å². The lowest BCUT2D eigenvalue weighted by atomic mass is 9.99. The molecule has 1 saturated heterocycles. The molecule has 1 aliphatic heterocycles. The molecule has 0 aliphatic carbocycles. The molecule has 0 saturated carbocycles. The van der Waals surface area contributed by atoms with Crippen molar-refractivity contribution in [2.45, 2.75) is 38.3 Å². The van der Waals surface area contributed by atoms with Crippen molar-refractivity contribution in [2.24, 2.45) is 0 Å². The fourth-order valence-electron chi connectivity index (χ4n) is 3.97. The van der Waals surface area contributed by atoms with Gasteiger partial charge in [-0.2, -0.15) is 0 Å². The second kappa shape index (κ2) is 10.5. The lowest BCUT2D eigenvalue weighted by molar-refractivity contribution is 0.264. The van der Waals surface area contributed by atoms with Gasteiger partial charge in [0.15, 0.2) is 0 Å². The summed E-state index contributed by atoms with van der Waals surface area (Å²) < 4.78 is 26.1. The monoisotopic (exact) mass is 418 g/mol. The van der Waals surface area contributed by atoms with Gasteiger partial charge in [-0.05, 0) is 67.6 Å². The first-order chi connectivity index (χ1) is 15.2. The summed E-state index contributed by atoms with van der Waals surface area (Å²) in [6.07, 6.45) is 4.68. The molecule has 3 aromatic rings. The fraction of sp³-hybridized carbons (Fsp3) is 0.296. The van der Waals surface area contributed by atoms with Crippen molar-refractivity contribution in [1.82, 2.24) is 5.32 Å². The highest BCUT2D eigenvalue weighted by molar-refractivity contribution is 5.73. The Morgan fingerprint density at radius 3 is 2.61 bits per heavy atom. The van der Waals surface area contributed by atoms with Crippen molar-refractivity contribution in [2.75, 3.05) is 13.2 Å². The zero-order valence-electron chi connectivity index (χ0n) is 17.8. The van der Waals surface area contributed by atoms with Crippen LogP contribution in [0.15, 0.2) is 66.7 Å². The summed E-state index contributed by atoms with van der Waals surface area (Å²) in [5.74, 6) is 1.08. The van der Waals surface area contributed by atoms with Gasteiger partial charge in [-0.1, -0.05) is 48.9 Å². The zero-order valence-corrected chi connectivity index (χ0v) is 17.8. The molecular formula is C27H29FNO2. The van der Waals surface area contributed by atoms with E-state index in [2.05, 4.69) is 12.2 Å². The van der Waals surface area contributed by atoms with Gasteiger partial charge in [-0.3, -0.25) is 0 Å². The van der Waals surface area contributed by atoms with Crippen LogP contribution in [0.1, 0.15) is 36.8 Å². The standard InChI is InChI=1S/C27H29FNO2/c1-20-26(22-10-7-11-23(28)16-22)17-25(30-15-13-24-12-5-6-14-29-24)18-27(20)31-19-21-8-3-2-4-9-21/h2-4,7-11,16-18,24,29H,1,5-6,12-15,19H2. The highest BCUT2D eigenvalue weighted by Crippen LogP contribution is 2.35. The Kier molecular flexibility index (Phi) is 7.21. The second-order valence-corrected chi connectivity index (χ2v) is 8.02. The first kappa shape index (κ1) is 21.4. The number of rotatable bonds is 8. The summed E-state index contributed by atoms with van der Waals surface area (Å²) in [5, 5.41) is 3.55. The third-order valence-electron chi connectivity index (χ3n) is 5.70. The summed E-state index contributed by atoms with van der Waals surface area (Å²) in [6.45, 7) is 6.36. The van der Waals surface area contributed by atoms with Crippen LogP contribution in [0.2, 0.25) is 0 Å². The van der Waals surface area contributed by atoms with Gasteiger partial charge in [0.25, 0.3) is 0 Å². The molecule has 1 N–H and O–H groups in total. The maximum Gasteiger partial charge on any atom is 0.127 e. The molecule has 4 rings (SSSR count).